The Morgan fingerprint density at radius 2 is 1.74 bits per heavy atom. The molecule has 0 aliphatic heterocycles. The van der Waals surface area contributed by atoms with E-state index in [-0.39, 0.29) is 0 Å². The summed E-state index contributed by atoms with van der Waals surface area (Å²) < 4.78 is 10.7. The summed E-state index contributed by atoms with van der Waals surface area (Å²) in [7, 11) is 0. The smallest absolute Gasteiger partial charge is 0.407 e. The van der Waals surface area contributed by atoms with Crippen LogP contribution in [-0.2, 0) is 4.74 Å². The number of hydrogen-bond acceptors (Lipinski definition) is 4. The lowest BCUT2D eigenvalue weighted by atomic mass is 10.1. The van der Waals surface area contributed by atoms with Gasteiger partial charge in [-0.2, -0.15) is 0 Å². The first-order chi connectivity index (χ1) is 10.7. The van der Waals surface area contributed by atoms with Gasteiger partial charge < -0.3 is 20.1 Å². The predicted octanol–water partition coefficient (Wildman–Crippen LogP) is 4.05. The van der Waals surface area contributed by atoms with Gasteiger partial charge in [0.1, 0.15) is 18.0 Å². The molecule has 0 fully saturated rings. The van der Waals surface area contributed by atoms with E-state index in [1.165, 1.54) is 0 Å². The zero-order valence-corrected chi connectivity index (χ0v) is 15.1. The van der Waals surface area contributed by atoms with Crippen LogP contribution in [-0.4, -0.2) is 30.9 Å². The van der Waals surface area contributed by atoms with E-state index in [0.717, 1.165) is 11.4 Å². The number of carbonyl (C=O) groups is 1. The molecule has 0 aromatic heterocycles. The SMILES string of the molecule is CC(C)C(C)Nc1ccc(OCCNC(=O)OC(C)(C)C)cc1. The highest BCUT2D eigenvalue weighted by atomic mass is 16.6. The van der Waals surface area contributed by atoms with Crippen LogP contribution in [0.5, 0.6) is 5.75 Å². The highest BCUT2D eigenvalue weighted by molar-refractivity contribution is 5.67. The van der Waals surface area contributed by atoms with Gasteiger partial charge in [-0.15, -0.1) is 0 Å². The molecule has 2 N–H and O–H groups in total. The molecule has 0 saturated heterocycles. The van der Waals surface area contributed by atoms with E-state index in [4.69, 9.17) is 9.47 Å². The highest BCUT2D eigenvalue weighted by Gasteiger charge is 2.15. The predicted molar refractivity (Wildman–Crippen MR) is 94.1 cm³/mol. The zero-order valence-electron chi connectivity index (χ0n) is 15.1. The topological polar surface area (TPSA) is 59.6 Å². The maximum absolute atomic E-state index is 11.5. The van der Waals surface area contributed by atoms with Gasteiger partial charge in [-0.25, -0.2) is 4.79 Å². The molecule has 1 aromatic carbocycles. The van der Waals surface area contributed by atoms with Crippen LogP contribution in [0.3, 0.4) is 0 Å². The number of rotatable bonds is 7. The Morgan fingerprint density at radius 1 is 1.13 bits per heavy atom. The fourth-order valence-electron chi connectivity index (χ4n) is 1.71. The molecule has 1 amide bonds. The summed E-state index contributed by atoms with van der Waals surface area (Å²) in [6, 6.07) is 8.25. The third kappa shape index (κ3) is 8.33. The molecule has 1 unspecified atom stereocenters. The Kier molecular flexibility index (Phi) is 7.20. The number of ether oxygens (including phenoxy) is 2. The van der Waals surface area contributed by atoms with Gasteiger partial charge in [0.05, 0.1) is 6.54 Å². The number of amides is 1. The third-order valence-corrected chi connectivity index (χ3v) is 3.29. The fourth-order valence-corrected chi connectivity index (χ4v) is 1.71. The van der Waals surface area contributed by atoms with E-state index >= 15 is 0 Å². The minimum atomic E-state index is -0.485. The van der Waals surface area contributed by atoms with E-state index < -0.39 is 11.7 Å². The Labute approximate surface area is 139 Å². The quantitative estimate of drug-likeness (QED) is 0.744. The van der Waals surface area contributed by atoms with Crippen molar-refractivity contribution in [3.63, 3.8) is 0 Å². The molecular formula is C18H30N2O3. The third-order valence-electron chi connectivity index (χ3n) is 3.29. The van der Waals surface area contributed by atoms with Gasteiger partial charge in [0.15, 0.2) is 0 Å². The maximum Gasteiger partial charge on any atom is 0.407 e. The molecule has 0 saturated carbocycles. The Hall–Kier alpha value is -1.91. The number of anilines is 1. The van der Waals surface area contributed by atoms with E-state index in [2.05, 4.69) is 31.4 Å². The van der Waals surface area contributed by atoms with Crippen LogP contribution < -0.4 is 15.4 Å². The van der Waals surface area contributed by atoms with Crippen LogP contribution in [0.25, 0.3) is 0 Å². The Balaban J connectivity index is 2.29. The van der Waals surface area contributed by atoms with Crippen molar-refractivity contribution in [3.05, 3.63) is 24.3 Å². The standard InChI is InChI=1S/C18H30N2O3/c1-13(2)14(3)20-15-7-9-16(10-8-15)22-12-11-19-17(21)23-18(4,5)6/h7-10,13-14,20H,11-12H2,1-6H3,(H,19,21). The first-order valence-electron chi connectivity index (χ1n) is 8.13. The largest absolute Gasteiger partial charge is 0.492 e. The Bertz CT molecular complexity index is 478. The van der Waals surface area contributed by atoms with Crippen molar-refractivity contribution in [2.45, 2.75) is 53.2 Å². The van der Waals surface area contributed by atoms with Gasteiger partial charge in [-0.05, 0) is 57.9 Å². The number of benzene rings is 1. The lowest BCUT2D eigenvalue weighted by Crippen LogP contribution is -2.34. The van der Waals surface area contributed by atoms with E-state index in [1.54, 1.807) is 0 Å². The van der Waals surface area contributed by atoms with Crippen molar-refractivity contribution in [3.8, 4) is 5.75 Å². The second-order valence-corrected chi connectivity index (χ2v) is 6.98. The molecule has 0 spiro atoms. The minimum Gasteiger partial charge on any atom is -0.492 e. The molecule has 0 radical (unpaired) electrons. The Morgan fingerprint density at radius 3 is 2.26 bits per heavy atom. The molecule has 130 valence electrons. The molecular weight excluding hydrogens is 292 g/mol. The van der Waals surface area contributed by atoms with E-state index in [0.29, 0.717) is 25.1 Å². The first-order valence-corrected chi connectivity index (χ1v) is 8.13. The molecule has 0 bridgehead atoms. The second kappa shape index (κ2) is 8.65. The summed E-state index contributed by atoms with van der Waals surface area (Å²) in [5, 5.41) is 6.10. The lowest BCUT2D eigenvalue weighted by Gasteiger charge is -2.20. The fraction of sp³-hybridized carbons (Fsp3) is 0.611. The summed E-state index contributed by atoms with van der Waals surface area (Å²) in [6.45, 7) is 12.8. The number of alkyl carbamates (subject to hydrolysis) is 1. The maximum atomic E-state index is 11.5. The van der Waals surface area contributed by atoms with Gasteiger partial charge in [-0.3, -0.25) is 0 Å². The minimum absolute atomic E-state index is 0.397. The van der Waals surface area contributed by atoms with Crippen LogP contribution in [0.4, 0.5) is 10.5 Å². The van der Waals surface area contributed by atoms with E-state index in [1.807, 2.05) is 45.0 Å². The highest BCUT2D eigenvalue weighted by Crippen LogP contribution is 2.17. The zero-order chi connectivity index (χ0) is 17.5. The molecule has 0 heterocycles. The summed E-state index contributed by atoms with van der Waals surface area (Å²) >= 11 is 0. The van der Waals surface area contributed by atoms with Gasteiger partial charge in [0.2, 0.25) is 0 Å². The normalized spacial score (nSPS) is 12.7. The molecule has 1 atom stereocenters. The average Bonchev–Trinajstić information content (AvgIpc) is 2.43. The first kappa shape index (κ1) is 19.1. The van der Waals surface area contributed by atoms with Crippen molar-refractivity contribution < 1.29 is 14.3 Å². The summed E-state index contributed by atoms with van der Waals surface area (Å²) in [5.74, 6) is 1.35. The lowest BCUT2D eigenvalue weighted by molar-refractivity contribution is 0.0520. The molecule has 1 aromatic rings. The van der Waals surface area contributed by atoms with Crippen LogP contribution in [0, 0.1) is 5.92 Å². The monoisotopic (exact) mass is 322 g/mol. The van der Waals surface area contributed by atoms with Crippen molar-refractivity contribution in [2.75, 3.05) is 18.5 Å². The molecule has 5 nitrogen and oxygen atoms in total. The van der Waals surface area contributed by atoms with Crippen molar-refractivity contribution in [2.24, 2.45) is 5.92 Å². The van der Waals surface area contributed by atoms with Crippen LogP contribution in [0.2, 0.25) is 0 Å². The number of carbonyl (C=O) groups excluding carboxylic acids is 1. The van der Waals surface area contributed by atoms with Crippen LogP contribution in [0.1, 0.15) is 41.5 Å². The second-order valence-electron chi connectivity index (χ2n) is 6.98. The van der Waals surface area contributed by atoms with Crippen LogP contribution >= 0.6 is 0 Å². The van der Waals surface area contributed by atoms with Gasteiger partial charge in [-0.1, -0.05) is 13.8 Å². The number of nitrogens with one attached hydrogen (secondary N) is 2. The summed E-state index contributed by atoms with van der Waals surface area (Å²) in [5.41, 5.74) is 0.589. The average molecular weight is 322 g/mol. The summed E-state index contributed by atoms with van der Waals surface area (Å²) in [6.07, 6.45) is -0.427. The summed E-state index contributed by atoms with van der Waals surface area (Å²) in [4.78, 5) is 11.5. The van der Waals surface area contributed by atoms with Gasteiger partial charge in [0.25, 0.3) is 0 Å². The molecule has 1 rings (SSSR count). The van der Waals surface area contributed by atoms with E-state index in [9.17, 15) is 4.79 Å². The molecule has 5 heteroatoms. The molecule has 0 aliphatic carbocycles. The van der Waals surface area contributed by atoms with Crippen LogP contribution in [0.15, 0.2) is 24.3 Å². The van der Waals surface area contributed by atoms with Crippen molar-refractivity contribution in [1.29, 1.82) is 0 Å². The van der Waals surface area contributed by atoms with Crippen molar-refractivity contribution in [1.82, 2.24) is 5.32 Å². The van der Waals surface area contributed by atoms with Gasteiger partial charge in [0, 0.05) is 11.7 Å². The number of hydrogen-bond donors (Lipinski definition) is 2. The van der Waals surface area contributed by atoms with Crippen molar-refractivity contribution >= 4 is 11.8 Å². The molecule has 0 aliphatic rings. The van der Waals surface area contributed by atoms with Gasteiger partial charge >= 0.3 is 6.09 Å². The molecule has 23 heavy (non-hydrogen) atoms.